The summed E-state index contributed by atoms with van der Waals surface area (Å²) in [6.07, 6.45) is 0.785. The van der Waals surface area contributed by atoms with Gasteiger partial charge in [0, 0.05) is 17.8 Å². The highest BCUT2D eigenvalue weighted by atomic mass is 32.2. The van der Waals surface area contributed by atoms with E-state index in [4.69, 9.17) is 0 Å². The number of carbonyl (C=O) groups is 1. The van der Waals surface area contributed by atoms with Crippen LogP contribution >= 0.6 is 11.8 Å². The second kappa shape index (κ2) is 8.23. The number of aryl methyl sites for hydroxylation is 2. The van der Waals surface area contributed by atoms with E-state index in [9.17, 15) is 4.79 Å². The molecule has 3 rings (SSSR count). The first kappa shape index (κ1) is 18.3. The van der Waals surface area contributed by atoms with Gasteiger partial charge >= 0.3 is 0 Å². The number of imidazole rings is 1. The monoisotopic (exact) mass is 365 g/mol. The minimum atomic E-state index is -0.245. The lowest BCUT2D eigenvalue weighted by Gasteiger charge is -2.11. The van der Waals surface area contributed by atoms with Crippen LogP contribution in [0, 0.1) is 13.8 Å². The third-order valence-corrected chi connectivity index (χ3v) is 5.11. The highest BCUT2D eigenvalue weighted by molar-refractivity contribution is 8.00. The first-order valence-corrected chi connectivity index (χ1v) is 9.53. The van der Waals surface area contributed by atoms with Gasteiger partial charge in [-0.1, -0.05) is 54.2 Å². The predicted octanol–water partition coefficient (Wildman–Crippen LogP) is 4.74. The number of thioether (sulfide) groups is 1. The van der Waals surface area contributed by atoms with Gasteiger partial charge in [-0.05, 0) is 44.0 Å². The smallest absolute Gasteiger partial charge is 0.237 e. The minimum absolute atomic E-state index is 0.0285. The number of aromatic amines is 1. The van der Waals surface area contributed by atoms with Crippen LogP contribution in [0.1, 0.15) is 29.4 Å². The van der Waals surface area contributed by atoms with Gasteiger partial charge in [0.15, 0.2) is 5.16 Å². The number of carbonyl (C=O) groups excluding carboxylic acids is 1. The van der Waals surface area contributed by atoms with E-state index in [1.54, 1.807) is 0 Å². The zero-order chi connectivity index (χ0) is 18.5. The third kappa shape index (κ3) is 4.76. The molecule has 4 nitrogen and oxygen atoms in total. The van der Waals surface area contributed by atoms with Gasteiger partial charge in [0.05, 0.1) is 10.9 Å². The van der Waals surface area contributed by atoms with Crippen molar-refractivity contribution in [2.75, 3.05) is 5.32 Å². The van der Waals surface area contributed by atoms with Crippen molar-refractivity contribution in [3.05, 3.63) is 77.1 Å². The molecule has 5 heteroatoms. The van der Waals surface area contributed by atoms with Crippen LogP contribution in [0.25, 0.3) is 0 Å². The molecule has 0 unspecified atom stereocenters. The van der Waals surface area contributed by atoms with Crippen molar-refractivity contribution >= 4 is 23.4 Å². The first-order valence-electron chi connectivity index (χ1n) is 8.65. The summed E-state index contributed by atoms with van der Waals surface area (Å²) >= 11 is 1.44. The molecule has 2 aromatic carbocycles. The van der Waals surface area contributed by atoms with Crippen LogP contribution < -0.4 is 5.32 Å². The van der Waals surface area contributed by atoms with E-state index in [0.717, 1.165) is 34.2 Å². The summed E-state index contributed by atoms with van der Waals surface area (Å²) in [5, 5.41) is 3.50. The molecule has 134 valence electrons. The van der Waals surface area contributed by atoms with Gasteiger partial charge in [-0.15, -0.1) is 0 Å². The number of hydrogen-bond acceptors (Lipinski definition) is 3. The number of nitrogens with one attached hydrogen (secondary N) is 2. The number of hydrogen-bond donors (Lipinski definition) is 2. The van der Waals surface area contributed by atoms with Crippen molar-refractivity contribution in [2.24, 2.45) is 0 Å². The Morgan fingerprint density at radius 3 is 2.65 bits per heavy atom. The van der Waals surface area contributed by atoms with E-state index in [-0.39, 0.29) is 11.2 Å². The molecule has 0 aliphatic heterocycles. The van der Waals surface area contributed by atoms with Crippen molar-refractivity contribution in [3.63, 3.8) is 0 Å². The first-order chi connectivity index (χ1) is 12.5. The van der Waals surface area contributed by atoms with Crippen LogP contribution in [0.5, 0.6) is 0 Å². The fraction of sp³-hybridized carbons (Fsp3) is 0.238. The molecule has 1 atom stereocenters. The highest BCUT2D eigenvalue weighted by Gasteiger charge is 2.17. The van der Waals surface area contributed by atoms with Gasteiger partial charge in [0.1, 0.15) is 0 Å². The second-order valence-corrected chi connectivity index (χ2v) is 7.72. The van der Waals surface area contributed by atoms with Crippen molar-refractivity contribution in [1.82, 2.24) is 9.97 Å². The molecule has 0 radical (unpaired) electrons. The zero-order valence-corrected chi connectivity index (χ0v) is 16.1. The summed E-state index contributed by atoms with van der Waals surface area (Å²) in [5.41, 5.74) is 5.23. The number of rotatable bonds is 6. The molecular formula is C21H23N3OS. The highest BCUT2D eigenvalue weighted by Crippen LogP contribution is 2.24. The van der Waals surface area contributed by atoms with Crippen LogP contribution in [0.3, 0.4) is 0 Å². The van der Waals surface area contributed by atoms with Crippen molar-refractivity contribution in [2.45, 2.75) is 37.6 Å². The van der Waals surface area contributed by atoms with Gasteiger partial charge in [0.2, 0.25) is 5.91 Å². The maximum atomic E-state index is 12.4. The fourth-order valence-corrected chi connectivity index (χ4v) is 3.55. The predicted molar refractivity (Wildman–Crippen MR) is 108 cm³/mol. The Kier molecular flexibility index (Phi) is 5.78. The Labute approximate surface area is 158 Å². The lowest BCUT2D eigenvalue weighted by molar-refractivity contribution is -0.115. The van der Waals surface area contributed by atoms with Gasteiger partial charge < -0.3 is 10.3 Å². The number of benzene rings is 2. The van der Waals surface area contributed by atoms with E-state index in [2.05, 4.69) is 27.4 Å². The van der Waals surface area contributed by atoms with Crippen LogP contribution in [0.4, 0.5) is 5.69 Å². The van der Waals surface area contributed by atoms with Crippen LogP contribution in [-0.4, -0.2) is 21.1 Å². The molecule has 0 aliphatic carbocycles. The summed E-state index contributed by atoms with van der Waals surface area (Å²) in [6, 6.07) is 18.1. The Morgan fingerprint density at radius 1 is 1.15 bits per heavy atom. The third-order valence-electron chi connectivity index (χ3n) is 4.12. The summed E-state index contributed by atoms with van der Waals surface area (Å²) in [4.78, 5) is 20.4. The second-order valence-electron chi connectivity index (χ2n) is 6.39. The molecule has 0 saturated heterocycles. The summed E-state index contributed by atoms with van der Waals surface area (Å²) in [5.74, 6) is -0.0285. The Bertz CT molecular complexity index is 889. The molecule has 1 aromatic heterocycles. The molecule has 0 fully saturated rings. The van der Waals surface area contributed by atoms with Crippen LogP contribution in [-0.2, 0) is 11.2 Å². The Hall–Kier alpha value is -2.53. The molecule has 0 saturated carbocycles. The Balaban J connectivity index is 1.63. The Morgan fingerprint density at radius 2 is 1.92 bits per heavy atom. The van der Waals surface area contributed by atoms with Gasteiger partial charge in [-0.3, -0.25) is 4.79 Å². The van der Waals surface area contributed by atoms with Gasteiger partial charge in [-0.2, -0.15) is 0 Å². The average molecular weight is 366 g/mol. The van der Waals surface area contributed by atoms with E-state index in [1.165, 1.54) is 17.3 Å². The number of H-pyrrole nitrogens is 1. The topological polar surface area (TPSA) is 57.8 Å². The lowest BCUT2D eigenvalue weighted by atomic mass is 10.1. The number of anilines is 1. The van der Waals surface area contributed by atoms with Gasteiger partial charge in [-0.25, -0.2) is 4.98 Å². The summed E-state index contributed by atoms with van der Waals surface area (Å²) in [7, 11) is 0. The standard InChI is InChI=1S/C21H23N3OS/c1-14-8-7-11-18(12-14)23-20(25)16(3)26-21-22-15(2)19(24-21)13-17-9-5-4-6-10-17/h4-12,16H,13H2,1-3H3,(H,22,24)(H,23,25)/t16-/m1/s1. The molecule has 1 heterocycles. The molecular weight excluding hydrogens is 342 g/mol. The van der Waals surface area contributed by atoms with E-state index in [0.29, 0.717) is 0 Å². The number of amides is 1. The zero-order valence-electron chi connectivity index (χ0n) is 15.2. The molecule has 2 N–H and O–H groups in total. The quantitative estimate of drug-likeness (QED) is 0.621. The van der Waals surface area contributed by atoms with E-state index < -0.39 is 0 Å². The molecule has 3 aromatic rings. The van der Waals surface area contributed by atoms with Crippen LogP contribution in [0.2, 0.25) is 0 Å². The molecule has 1 amide bonds. The molecule has 0 bridgehead atoms. The maximum Gasteiger partial charge on any atom is 0.237 e. The molecule has 0 aliphatic rings. The maximum absolute atomic E-state index is 12.4. The largest absolute Gasteiger partial charge is 0.337 e. The fourth-order valence-electron chi connectivity index (χ4n) is 2.67. The summed E-state index contributed by atoms with van der Waals surface area (Å²) in [6.45, 7) is 5.92. The van der Waals surface area contributed by atoms with Crippen molar-refractivity contribution < 1.29 is 4.79 Å². The molecule has 26 heavy (non-hydrogen) atoms. The molecule has 0 spiro atoms. The lowest BCUT2D eigenvalue weighted by Crippen LogP contribution is -2.22. The van der Waals surface area contributed by atoms with Gasteiger partial charge in [0.25, 0.3) is 0 Å². The normalized spacial score (nSPS) is 12.0. The van der Waals surface area contributed by atoms with Crippen LogP contribution in [0.15, 0.2) is 59.8 Å². The number of aromatic nitrogens is 2. The summed E-state index contributed by atoms with van der Waals surface area (Å²) < 4.78 is 0. The SMILES string of the molecule is Cc1cccc(NC(=O)[C@@H](C)Sc2nc(Cc3ccccc3)c(C)[nH]2)c1. The van der Waals surface area contributed by atoms with Crippen molar-refractivity contribution in [3.8, 4) is 0 Å². The van der Waals surface area contributed by atoms with E-state index >= 15 is 0 Å². The number of nitrogens with zero attached hydrogens (tertiary/aromatic N) is 1. The minimum Gasteiger partial charge on any atom is -0.337 e. The van der Waals surface area contributed by atoms with E-state index in [1.807, 2.05) is 63.2 Å². The van der Waals surface area contributed by atoms with Crippen molar-refractivity contribution in [1.29, 1.82) is 0 Å². The average Bonchev–Trinajstić information content (AvgIpc) is 2.95.